The van der Waals surface area contributed by atoms with E-state index < -0.39 is 0 Å². The molecule has 1 aliphatic heterocycles. The molecule has 0 saturated heterocycles. The maximum absolute atomic E-state index is 12.8. The van der Waals surface area contributed by atoms with Crippen molar-refractivity contribution in [3.63, 3.8) is 0 Å². The van der Waals surface area contributed by atoms with Crippen LogP contribution in [0.2, 0.25) is 0 Å². The molecular formula is C28H30N2O3. The Labute approximate surface area is 195 Å². The van der Waals surface area contributed by atoms with E-state index in [0.29, 0.717) is 31.8 Å². The third kappa shape index (κ3) is 5.15. The van der Waals surface area contributed by atoms with Gasteiger partial charge in [-0.1, -0.05) is 48.5 Å². The lowest BCUT2D eigenvalue weighted by Crippen LogP contribution is -2.34. The van der Waals surface area contributed by atoms with E-state index in [-0.39, 0.29) is 18.4 Å². The molecule has 0 bridgehead atoms. The van der Waals surface area contributed by atoms with Crippen LogP contribution in [0.4, 0.5) is 5.69 Å². The summed E-state index contributed by atoms with van der Waals surface area (Å²) < 4.78 is 5.68. The summed E-state index contributed by atoms with van der Waals surface area (Å²) in [6, 6.07) is 24.0. The quantitative estimate of drug-likeness (QED) is 0.521. The number of carbonyl (C=O) groups is 2. The number of hydrogen-bond donors (Lipinski definition) is 0. The highest BCUT2D eigenvalue weighted by Gasteiger charge is 2.23. The summed E-state index contributed by atoms with van der Waals surface area (Å²) in [6.07, 6.45) is 0.781. The molecule has 2 amide bonds. The third-order valence-corrected chi connectivity index (χ3v) is 6.11. The molecule has 170 valence electrons. The Balaban J connectivity index is 1.61. The van der Waals surface area contributed by atoms with Crippen molar-refractivity contribution in [2.75, 3.05) is 31.1 Å². The van der Waals surface area contributed by atoms with E-state index in [4.69, 9.17) is 4.74 Å². The van der Waals surface area contributed by atoms with Crippen LogP contribution < -0.4 is 4.90 Å². The van der Waals surface area contributed by atoms with Gasteiger partial charge >= 0.3 is 0 Å². The molecule has 0 radical (unpaired) electrons. The molecule has 3 aromatic carbocycles. The Morgan fingerprint density at radius 1 is 0.909 bits per heavy atom. The molecule has 1 heterocycles. The van der Waals surface area contributed by atoms with Crippen molar-refractivity contribution in [2.45, 2.75) is 26.9 Å². The van der Waals surface area contributed by atoms with Crippen molar-refractivity contribution in [2.24, 2.45) is 0 Å². The van der Waals surface area contributed by atoms with E-state index in [1.807, 2.05) is 78.2 Å². The van der Waals surface area contributed by atoms with Crippen molar-refractivity contribution in [1.29, 1.82) is 0 Å². The van der Waals surface area contributed by atoms with Gasteiger partial charge in [-0.05, 0) is 61.2 Å². The third-order valence-electron chi connectivity index (χ3n) is 6.11. The smallest absolute Gasteiger partial charge is 0.253 e. The largest absolute Gasteiger partial charge is 0.367 e. The van der Waals surface area contributed by atoms with E-state index in [1.54, 1.807) is 0 Å². The summed E-state index contributed by atoms with van der Waals surface area (Å²) in [4.78, 5) is 29.2. The van der Waals surface area contributed by atoms with Gasteiger partial charge in [0.05, 0.1) is 6.61 Å². The van der Waals surface area contributed by atoms with E-state index in [2.05, 4.69) is 18.2 Å². The van der Waals surface area contributed by atoms with Crippen molar-refractivity contribution in [3.8, 4) is 11.1 Å². The molecule has 0 aromatic heterocycles. The van der Waals surface area contributed by atoms with Crippen LogP contribution in [-0.2, 0) is 22.6 Å². The Bertz CT molecular complexity index is 1120. The van der Waals surface area contributed by atoms with Gasteiger partial charge in [-0.15, -0.1) is 0 Å². The fraction of sp³-hybridized carbons (Fsp3) is 0.286. The Hall–Kier alpha value is -3.44. The molecule has 0 N–H and O–H groups in total. The molecule has 33 heavy (non-hydrogen) atoms. The van der Waals surface area contributed by atoms with Crippen molar-refractivity contribution in [3.05, 3.63) is 89.5 Å². The molecule has 1 aliphatic rings. The van der Waals surface area contributed by atoms with Gasteiger partial charge in [-0.25, -0.2) is 0 Å². The van der Waals surface area contributed by atoms with Gasteiger partial charge in [0.15, 0.2) is 0 Å². The van der Waals surface area contributed by atoms with E-state index >= 15 is 0 Å². The minimum absolute atomic E-state index is 0.0238. The molecule has 0 unspecified atom stereocenters. The summed E-state index contributed by atoms with van der Waals surface area (Å²) in [7, 11) is 0. The highest BCUT2D eigenvalue weighted by molar-refractivity contribution is 5.97. The molecule has 5 heteroatoms. The van der Waals surface area contributed by atoms with Crippen LogP contribution in [0.25, 0.3) is 11.1 Å². The molecule has 4 rings (SSSR count). The lowest BCUT2D eigenvalue weighted by atomic mass is 9.99. The number of nitrogens with zero attached hydrogens (tertiary/aromatic N) is 2. The van der Waals surface area contributed by atoms with Crippen LogP contribution >= 0.6 is 0 Å². The van der Waals surface area contributed by atoms with Crippen LogP contribution in [0.5, 0.6) is 0 Å². The Kier molecular flexibility index (Phi) is 7.20. The standard InChI is InChI=1S/C28H30N2O3/c1-3-29(4-2)28(32)24-12-8-11-22(17-24)23-13-14-26-25(18-23)19-33-20-27(31)30(26)16-15-21-9-6-5-7-10-21/h5-14,17-18H,3-4,15-16,19-20H2,1-2H3. The number of carbonyl (C=O) groups excluding carboxylic acids is 2. The first-order valence-corrected chi connectivity index (χ1v) is 11.6. The van der Waals surface area contributed by atoms with Crippen LogP contribution in [-0.4, -0.2) is 43.0 Å². The fourth-order valence-electron chi connectivity index (χ4n) is 4.26. The first kappa shape index (κ1) is 22.7. The van der Waals surface area contributed by atoms with Gasteiger partial charge < -0.3 is 14.5 Å². The molecule has 5 nitrogen and oxygen atoms in total. The van der Waals surface area contributed by atoms with Gasteiger partial charge in [-0.2, -0.15) is 0 Å². The fourth-order valence-corrected chi connectivity index (χ4v) is 4.26. The second-order valence-electron chi connectivity index (χ2n) is 8.18. The summed E-state index contributed by atoms with van der Waals surface area (Å²) >= 11 is 0. The van der Waals surface area contributed by atoms with E-state index in [1.165, 1.54) is 5.56 Å². The summed E-state index contributed by atoms with van der Waals surface area (Å²) in [5, 5.41) is 0. The number of rotatable bonds is 7. The highest BCUT2D eigenvalue weighted by Crippen LogP contribution is 2.31. The van der Waals surface area contributed by atoms with Crippen LogP contribution in [0.1, 0.15) is 35.3 Å². The average molecular weight is 443 g/mol. The molecule has 0 aliphatic carbocycles. The normalized spacial score (nSPS) is 13.4. The minimum Gasteiger partial charge on any atom is -0.367 e. The minimum atomic E-state index is -0.0238. The maximum atomic E-state index is 12.8. The van der Waals surface area contributed by atoms with Gasteiger partial charge in [0.25, 0.3) is 11.8 Å². The van der Waals surface area contributed by atoms with Crippen LogP contribution in [0.3, 0.4) is 0 Å². The first-order chi connectivity index (χ1) is 16.1. The number of ether oxygens (including phenoxy) is 1. The van der Waals surface area contributed by atoms with Crippen LogP contribution in [0, 0.1) is 0 Å². The molecule has 0 fully saturated rings. The molecule has 3 aromatic rings. The first-order valence-electron chi connectivity index (χ1n) is 11.6. The second kappa shape index (κ2) is 10.5. The number of anilines is 1. The summed E-state index contributed by atoms with van der Waals surface area (Å²) in [5.41, 5.74) is 5.73. The SMILES string of the molecule is CCN(CC)C(=O)c1cccc(-c2ccc3c(c2)COCC(=O)N3CCc2ccccc2)c1. The summed E-state index contributed by atoms with van der Waals surface area (Å²) in [6.45, 7) is 6.41. The molecule has 0 spiro atoms. The predicted molar refractivity (Wildman–Crippen MR) is 131 cm³/mol. The Morgan fingerprint density at radius 3 is 2.42 bits per heavy atom. The van der Waals surface area contributed by atoms with E-state index in [9.17, 15) is 9.59 Å². The van der Waals surface area contributed by atoms with E-state index in [0.717, 1.165) is 28.8 Å². The van der Waals surface area contributed by atoms with Crippen LogP contribution in [0.15, 0.2) is 72.8 Å². The van der Waals surface area contributed by atoms with Gasteiger partial charge in [-0.3, -0.25) is 9.59 Å². The number of benzene rings is 3. The maximum Gasteiger partial charge on any atom is 0.253 e. The zero-order valence-corrected chi connectivity index (χ0v) is 19.3. The van der Waals surface area contributed by atoms with Gasteiger partial charge in [0.2, 0.25) is 0 Å². The van der Waals surface area contributed by atoms with Crippen molar-refractivity contribution < 1.29 is 14.3 Å². The van der Waals surface area contributed by atoms with Crippen molar-refractivity contribution in [1.82, 2.24) is 4.90 Å². The topological polar surface area (TPSA) is 49.9 Å². The number of hydrogen-bond acceptors (Lipinski definition) is 3. The number of amides is 2. The molecule has 0 atom stereocenters. The monoisotopic (exact) mass is 442 g/mol. The molecule has 0 saturated carbocycles. The molecular weight excluding hydrogens is 412 g/mol. The predicted octanol–water partition coefficient (Wildman–Crippen LogP) is 4.94. The summed E-state index contributed by atoms with van der Waals surface area (Å²) in [5.74, 6) is 0.0156. The zero-order chi connectivity index (χ0) is 23.2. The Morgan fingerprint density at radius 2 is 1.67 bits per heavy atom. The second-order valence-corrected chi connectivity index (χ2v) is 8.18. The zero-order valence-electron chi connectivity index (χ0n) is 19.3. The number of fused-ring (bicyclic) bond motifs is 1. The lowest BCUT2D eigenvalue weighted by Gasteiger charge is -2.23. The van der Waals surface area contributed by atoms with Gasteiger partial charge in [0.1, 0.15) is 6.61 Å². The van der Waals surface area contributed by atoms with Gasteiger partial charge in [0, 0.05) is 36.4 Å². The lowest BCUT2D eigenvalue weighted by molar-refractivity contribution is -0.123. The average Bonchev–Trinajstić information content (AvgIpc) is 3.01. The van der Waals surface area contributed by atoms with Crippen molar-refractivity contribution >= 4 is 17.5 Å². The highest BCUT2D eigenvalue weighted by atomic mass is 16.5.